The van der Waals surface area contributed by atoms with Gasteiger partial charge in [0.15, 0.2) is 0 Å². The number of hydrogen-bond donors (Lipinski definition) is 1. The predicted octanol–water partition coefficient (Wildman–Crippen LogP) is 1.90. The fraction of sp³-hybridized carbons (Fsp3) is 0.581. The molecule has 11 nitrogen and oxygen atoms in total. The zero-order chi connectivity index (χ0) is 29.1. The van der Waals surface area contributed by atoms with Gasteiger partial charge in [-0.2, -0.15) is 0 Å². The molecular formula is C31H42N8O3. The van der Waals surface area contributed by atoms with E-state index in [1.165, 1.54) is 0 Å². The van der Waals surface area contributed by atoms with E-state index in [2.05, 4.69) is 39.0 Å². The van der Waals surface area contributed by atoms with Crippen molar-refractivity contribution < 1.29 is 14.6 Å². The zero-order valence-corrected chi connectivity index (χ0v) is 24.5. The maximum Gasteiger partial charge on any atom is 0.329 e. The van der Waals surface area contributed by atoms with Gasteiger partial charge >= 0.3 is 11.5 Å². The first-order chi connectivity index (χ1) is 20.5. The first-order valence-corrected chi connectivity index (χ1v) is 15.4. The summed E-state index contributed by atoms with van der Waals surface area (Å²) in [7, 11) is 0. The number of rotatable bonds is 8. The van der Waals surface area contributed by atoms with Gasteiger partial charge in [0.25, 0.3) is 0 Å². The van der Waals surface area contributed by atoms with Gasteiger partial charge in [-0.1, -0.05) is 17.1 Å². The van der Waals surface area contributed by atoms with Crippen LogP contribution in [-0.4, -0.2) is 93.8 Å². The minimum atomic E-state index is 0.0435. The average Bonchev–Trinajstić information content (AvgIpc) is 3.34. The van der Waals surface area contributed by atoms with Crippen molar-refractivity contribution in [2.24, 2.45) is 5.92 Å². The summed E-state index contributed by atoms with van der Waals surface area (Å²) in [5.41, 5.74) is 12.3. The summed E-state index contributed by atoms with van der Waals surface area (Å²) in [6, 6.07) is 12.2. The van der Waals surface area contributed by atoms with Gasteiger partial charge < -0.3 is 20.3 Å². The van der Waals surface area contributed by atoms with Crippen LogP contribution in [0.15, 0.2) is 47.4 Å². The number of nitrogens with one attached hydrogen (secondary N) is 1. The molecule has 224 valence electrons. The van der Waals surface area contributed by atoms with Gasteiger partial charge in [0.2, 0.25) is 5.91 Å². The van der Waals surface area contributed by atoms with Crippen molar-refractivity contribution in [1.82, 2.24) is 28.8 Å². The Morgan fingerprint density at radius 2 is 1.71 bits per heavy atom. The van der Waals surface area contributed by atoms with Crippen LogP contribution in [0.5, 0.6) is 0 Å². The summed E-state index contributed by atoms with van der Waals surface area (Å²) in [6.07, 6.45) is 4.97. The number of ether oxygens (including phenoxy) is 1. The fourth-order valence-electron chi connectivity index (χ4n) is 6.98. The Balaban J connectivity index is 1.06. The van der Waals surface area contributed by atoms with E-state index in [-0.39, 0.29) is 29.6 Å². The number of nitrogens with zero attached hydrogens (tertiary/aromatic N) is 7. The van der Waals surface area contributed by atoms with Crippen LogP contribution in [0, 0.1) is 5.92 Å². The number of benzene rings is 1. The molecule has 11 heteroatoms. The average molecular weight is 575 g/mol. The van der Waals surface area contributed by atoms with Crippen LogP contribution in [0.25, 0.3) is 16.6 Å². The van der Waals surface area contributed by atoms with E-state index in [0.717, 1.165) is 88.2 Å². The molecule has 0 spiro atoms. The van der Waals surface area contributed by atoms with Crippen LogP contribution in [0.4, 0.5) is 5.82 Å². The topological polar surface area (TPSA) is 112 Å². The molecule has 3 aromatic rings. The molecule has 3 aliphatic heterocycles. The normalized spacial score (nSPS) is 20.6. The number of morpholine rings is 1. The Morgan fingerprint density at radius 1 is 1.00 bits per heavy atom. The third-order valence-electron chi connectivity index (χ3n) is 9.56. The number of aromatic nitrogens is 3. The highest BCUT2D eigenvalue weighted by molar-refractivity contribution is 5.79. The molecule has 0 saturated carbocycles. The molecule has 1 atom stereocenters. The molecule has 0 bridgehead atoms. The van der Waals surface area contributed by atoms with E-state index in [4.69, 9.17) is 4.74 Å². The minimum absolute atomic E-state index is 0.0435. The maximum absolute atomic E-state index is 13.7. The summed E-state index contributed by atoms with van der Waals surface area (Å²) in [5, 5.41) is 2.12. The smallest absolute Gasteiger partial charge is 0.329 e. The number of likely N-dealkylation sites (tertiary alicyclic amines) is 2. The summed E-state index contributed by atoms with van der Waals surface area (Å²) < 4.78 is 9.40. The van der Waals surface area contributed by atoms with Gasteiger partial charge in [0.05, 0.1) is 24.2 Å². The van der Waals surface area contributed by atoms with Gasteiger partial charge in [-0.05, 0) is 69.5 Å². The fourth-order valence-corrected chi connectivity index (χ4v) is 6.98. The molecule has 3 aliphatic rings. The molecule has 3 saturated heterocycles. The van der Waals surface area contributed by atoms with Crippen molar-refractivity contribution in [2.45, 2.75) is 51.2 Å². The second kappa shape index (κ2) is 12.8. The van der Waals surface area contributed by atoms with Crippen LogP contribution in [0.1, 0.15) is 50.3 Å². The van der Waals surface area contributed by atoms with E-state index < -0.39 is 0 Å². The number of fused-ring (bicyclic) bond motifs is 1. The highest BCUT2D eigenvalue weighted by atomic mass is 16.5. The monoisotopic (exact) mass is 574 g/mol. The van der Waals surface area contributed by atoms with Crippen LogP contribution < -0.4 is 10.8 Å². The van der Waals surface area contributed by atoms with Gasteiger partial charge in [-0.15, -0.1) is 0 Å². The van der Waals surface area contributed by atoms with Crippen LogP contribution in [0.3, 0.4) is 0 Å². The van der Waals surface area contributed by atoms with E-state index in [1.807, 2.05) is 38.3 Å². The van der Waals surface area contributed by atoms with Gasteiger partial charge in [-0.25, -0.2) is 4.79 Å². The molecule has 2 aromatic heterocycles. The quantitative estimate of drug-likeness (QED) is 0.412. The Bertz CT molecular complexity index is 1450. The molecule has 1 N–H and O–H groups in total. The van der Waals surface area contributed by atoms with Crippen molar-refractivity contribution in [2.75, 3.05) is 59.0 Å². The number of hydrogen-bond acceptors (Lipinski definition) is 6. The highest BCUT2D eigenvalue weighted by Crippen LogP contribution is 2.31. The van der Waals surface area contributed by atoms with E-state index >= 15 is 0 Å². The molecule has 3 fully saturated rings. The van der Waals surface area contributed by atoms with E-state index in [1.54, 1.807) is 6.20 Å². The zero-order valence-electron chi connectivity index (χ0n) is 24.5. The Labute approximate surface area is 246 Å². The van der Waals surface area contributed by atoms with Crippen LogP contribution >= 0.6 is 0 Å². The van der Waals surface area contributed by atoms with E-state index in [0.29, 0.717) is 25.5 Å². The van der Waals surface area contributed by atoms with Gasteiger partial charge in [0.1, 0.15) is 6.20 Å². The van der Waals surface area contributed by atoms with Gasteiger partial charge in [-0.3, -0.25) is 23.7 Å². The third kappa shape index (κ3) is 5.91. The molecule has 1 amide bonds. The maximum atomic E-state index is 13.7. The van der Waals surface area contributed by atoms with E-state index in [9.17, 15) is 15.1 Å². The molecule has 0 radical (unpaired) electrons. The summed E-state index contributed by atoms with van der Waals surface area (Å²) in [4.78, 5) is 38.1. The molecule has 42 heavy (non-hydrogen) atoms. The molecule has 1 aromatic carbocycles. The number of amides is 1. The second-order valence-corrected chi connectivity index (χ2v) is 11.9. The largest absolute Gasteiger partial charge is 0.614 e. The van der Waals surface area contributed by atoms with Crippen molar-refractivity contribution in [1.29, 1.82) is 0 Å². The Hall–Kier alpha value is -3.41. The van der Waals surface area contributed by atoms with Gasteiger partial charge in [0, 0.05) is 63.3 Å². The lowest BCUT2D eigenvalue weighted by Crippen LogP contribution is -2.55. The number of carbonyl (C=O) groups excluding carboxylic acids is 1. The molecular weight excluding hydrogens is 532 g/mol. The standard InChI is InChI=1S/C31H42N8O3/c1-23(25-6-11-33-29(22-25)34-32)36-12-7-24(8-13-36)30(40)37-14-9-26(10-15-37)39-28-5-3-2-4-27(28)38(31(39)41)17-16-35-18-20-42-21-19-35/h2-6,11,22-24,26,34H,7-10,12-21H2,1H3. The summed E-state index contributed by atoms with van der Waals surface area (Å²) in [6.45, 7) is 10.1. The SMILES string of the molecule is CC(c1ccnc([NH+]=[N-])c1)N1CCC(C(=O)N2CCC(n3c(=O)n(CCN4CCOCC4)c4ccccc43)CC2)CC1. The second-order valence-electron chi connectivity index (χ2n) is 11.9. The lowest BCUT2D eigenvalue weighted by Gasteiger charge is -2.39. The highest BCUT2D eigenvalue weighted by Gasteiger charge is 2.33. The Kier molecular flexibility index (Phi) is 8.78. The lowest BCUT2D eigenvalue weighted by molar-refractivity contribution is -0.384. The van der Waals surface area contributed by atoms with Crippen molar-refractivity contribution >= 4 is 22.8 Å². The Morgan fingerprint density at radius 3 is 2.43 bits per heavy atom. The number of para-hydroxylation sites is 2. The summed E-state index contributed by atoms with van der Waals surface area (Å²) >= 11 is 0. The molecule has 1 unspecified atom stereocenters. The van der Waals surface area contributed by atoms with Crippen LogP contribution in [0.2, 0.25) is 0 Å². The van der Waals surface area contributed by atoms with Crippen molar-refractivity contribution in [3.05, 3.63) is 64.2 Å². The molecule has 5 heterocycles. The number of carbonyl (C=O) groups is 1. The van der Waals surface area contributed by atoms with Crippen molar-refractivity contribution in [3.63, 3.8) is 0 Å². The summed E-state index contributed by atoms with van der Waals surface area (Å²) in [5.74, 6) is 0.742. The molecule has 0 aliphatic carbocycles. The predicted molar refractivity (Wildman–Crippen MR) is 159 cm³/mol. The minimum Gasteiger partial charge on any atom is -0.614 e. The molecule has 6 rings (SSSR count). The third-order valence-corrected chi connectivity index (χ3v) is 9.56. The van der Waals surface area contributed by atoms with Crippen LogP contribution in [-0.2, 0) is 16.1 Å². The number of imidazole rings is 1. The lowest BCUT2D eigenvalue weighted by atomic mass is 9.92. The number of pyridine rings is 1. The first-order valence-electron chi connectivity index (χ1n) is 15.4. The number of piperidine rings is 2. The first kappa shape index (κ1) is 28.7. The van der Waals surface area contributed by atoms with Crippen molar-refractivity contribution in [3.8, 4) is 0 Å².